The molecule has 3 saturated carbocycles. The zero-order valence-electron chi connectivity index (χ0n) is 38.0. The Morgan fingerprint density at radius 1 is 0.907 bits per heavy atom. The molecule has 7 heteroatoms. The van der Waals surface area contributed by atoms with Gasteiger partial charge in [0.2, 0.25) is 0 Å². The van der Waals surface area contributed by atoms with Gasteiger partial charge in [-0.15, -0.1) is 0 Å². The molecule has 0 unspecified atom stereocenters. The molecule has 0 radical (unpaired) electrons. The second-order valence-corrected chi connectivity index (χ2v) is 31.3. The smallest absolute Gasteiger partial charge is 0.305 e. The van der Waals surface area contributed by atoms with E-state index in [1.165, 1.54) is 64.0 Å². The van der Waals surface area contributed by atoms with Crippen molar-refractivity contribution in [3.63, 3.8) is 0 Å². The van der Waals surface area contributed by atoms with Crippen LogP contribution >= 0.6 is 0 Å². The Kier molecular flexibility index (Phi) is 16.4. The van der Waals surface area contributed by atoms with Crippen LogP contribution in [0.15, 0.2) is 35.5 Å². The monoisotopic (exact) mass is 787 g/mol. The SMILES string of the molecule is C=C1/C(=C\C=C2\CC[C@@H](CCCCCCC(C)(C)O)[C@]3(C)[C@@H]([C@H](C)CCCC(=O)OC)CC[C@@H]23)C[C@@H](O[Si](C)(C)C(C)(C)C)C[C@@H]1O[Si](C)(C)C(C)(C)C. The largest absolute Gasteiger partial charge is 0.469 e. The standard InChI is InChI=1S/C47H86O5Si2/c1-34(22-21-24-43(48)50-12)40-29-30-41-36(27-28-38(47(40,41)11)23-19-17-18-20-31-46(9,10)49)25-26-37-32-39(51-53(13,14)44(3,4)5)33-42(35(37)2)52-54(15,16)45(6,7)8/h25-26,34,38-42,49H,2,17-24,27-33H2,1,3-16H3/b36-25-,37-26-/t34-,38-,39-,40-,41+,42+,47-/m1/s1. The highest BCUT2D eigenvalue weighted by molar-refractivity contribution is 6.74. The van der Waals surface area contributed by atoms with Crippen LogP contribution in [0.1, 0.15) is 166 Å². The molecule has 54 heavy (non-hydrogen) atoms. The van der Waals surface area contributed by atoms with Gasteiger partial charge in [0.05, 0.1) is 24.9 Å². The van der Waals surface area contributed by atoms with Crippen LogP contribution in [-0.4, -0.2) is 52.6 Å². The highest BCUT2D eigenvalue weighted by Crippen LogP contribution is 2.63. The number of fused-ring (bicyclic) bond motifs is 1. The predicted octanol–water partition coefficient (Wildman–Crippen LogP) is 13.5. The highest BCUT2D eigenvalue weighted by atomic mass is 28.4. The Morgan fingerprint density at radius 2 is 1.52 bits per heavy atom. The van der Waals surface area contributed by atoms with Gasteiger partial charge in [0.15, 0.2) is 16.6 Å². The molecule has 3 aliphatic rings. The number of carbonyl (C=O) groups excluding carboxylic acids is 1. The number of hydrogen-bond donors (Lipinski definition) is 1. The fourth-order valence-electron chi connectivity index (χ4n) is 9.72. The second kappa shape index (κ2) is 18.7. The molecule has 3 fully saturated rings. The van der Waals surface area contributed by atoms with Gasteiger partial charge in [-0.05, 0) is 148 Å². The third kappa shape index (κ3) is 12.3. The van der Waals surface area contributed by atoms with Crippen LogP contribution in [0, 0.1) is 29.1 Å². The van der Waals surface area contributed by atoms with Crippen LogP contribution in [-0.2, 0) is 18.4 Å². The molecule has 7 atom stereocenters. The lowest BCUT2D eigenvalue weighted by atomic mass is 9.54. The third-order valence-electron chi connectivity index (χ3n) is 15.2. The Labute approximate surface area is 336 Å². The molecule has 0 aromatic rings. The molecule has 3 aliphatic carbocycles. The molecule has 0 amide bonds. The van der Waals surface area contributed by atoms with E-state index in [0.29, 0.717) is 30.1 Å². The number of aliphatic hydroxyl groups is 1. The molecule has 312 valence electrons. The lowest BCUT2D eigenvalue weighted by Crippen LogP contribution is -2.49. The van der Waals surface area contributed by atoms with Crippen LogP contribution in [0.4, 0.5) is 0 Å². The van der Waals surface area contributed by atoms with E-state index in [1.54, 1.807) is 5.57 Å². The van der Waals surface area contributed by atoms with Crippen LogP contribution in [0.25, 0.3) is 0 Å². The van der Waals surface area contributed by atoms with Crippen molar-refractivity contribution in [1.82, 2.24) is 0 Å². The minimum absolute atomic E-state index is 0.00906. The molecule has 3 rings (SSSR count). The van der Waals surface area contributed by atoms with Crippen molar-refractivity contribution in [3.05, 3.63) is 35.5 Å². The maximum atomic E-state index is 12.0. The average Bonchev–Trinajstić information content (AvgIpc) is 3.40. The van der Waals surface area contributed by atoms with Gasteiger partial charge in [0.1, 0.15) is 0 Å². The van der Waals surface area contributed by atoms with Gasteiger partial charge in [-0.25, -0.2) is 0 Å². The number of methoxy groups -OCH3 is 1. The van der Waals surface area contributed by atoms with Crippen molar-refractivity contribution in [2.75, 3.05) is 7.11 Å². The van der Waals surface area contributed by atoms with Crippen molar-refractivity contribution in [1.29, 1.82) is 0 Å². The summed E-state index contributed by atoms with van der Waals surface area (Å²) in [5.74, 6) is 2.45. The van der Waals surface area contributed by atoms with E-state index in [9.17, 15) is 9.90 Å². The maximum Gasteiger partial charge on any atom is 0.305 e. The molecule has 0 heterocycles. The summed E-state index contributed by atoms with van der Waals surface area (Å²) in [6, 6.07) is 0. The van der Waals surface area contributed by atoms with Crippen molar-refractivity contribution in [2.45, 2.75) is 220 Å². The van der Waals surface area contributed by atoms with Gasteiger partial charge in [0.25, 0.3) is 0 Å². The summed E-state index contributed by atoms with van der Waals surface area (Å²) in [6.07, 6.45) is 21.4. The first-order chi connectivity index (χ1) is 24.7. The van der Waals surface area contributed by atoms with Gasteiger partial charge < -0.3 is 18.7 Å². The first-order valence-electron chi connectivity index (χ1n) is 22.0. The lowest BCUT2D eigenvalue weighted by molar-refractivity contribution is -0.140. The number of esters is 1. The van der Waals surface area contributed by atoms with E-state index in [0.717, 1.165) is 44.1 Å². The number of carbonyl (C=O) groups is 1. The number of ether oxygens (including phenoxy) is 1. The zero-order chi connectivity index (χ0) is 40.9. The van der Waals surface area contributed by atoms with Gasteiger partial charge in [-0.1, -0.05) is 105 Å². The van der Waals surface area contributed by atoms with Crippen LogP contribution < -0.4 is 0 Å². The van der Waals surface area contributed by atoms with Crippen molar-refractivity contribution in [3.8, 4) is 0 Å². The molecule has 0 aromatic heterocycles. The summed E-state index contributed by atoms with van der Waals surface area (Å²) in [5, 5.41) is 10.5. The number of unbranched alkanes of at least 4 members (excludes halogenated alkanes) is 3. The zero-order valence-corrected chi connectivity index (χ0v) is 40.0. The first kappa shape index (κ1) is 47.4. The van der Waals surface area contributed by atoms with Gasteiger partial charge in [0, 0.05) is 12.8 Å². The minimum Gasteiger partial charge on any atom is -0.469 e. The third-order valence-corrected chi connectivity index (χ3v) is 24.2. The quantitative estimate of drug-likeness (QED) is 0.0904. The summed E-state index contributed by atoms with van der Waals surface area (Å²) in [4.78, 5) is 12.0. The molecular weight excluding hydrogens is 701 g/mol. The molecule has 0 saturated heterocycles. The molecule has 0 aliphatic heterocycles. The fraction of sp³-hybridized carbons (Fsp3) is 0.851. The van der Waals surface area contributed by atoms with Gasteiger partial charge in [-0.3, -0.25) is 4.79 Å². The van der Waals surface area contributed by atoms with Crippen LogP contribution in [0.3, 0.4) is 0 Å². The molecule has 1 N–H and O–H groups in total. The van der Waals surface area contributed by atoms with E-state index in [1.807, 2.05) is 13.8 Å². The van der Waals surface area contributed by atoms with E-state index in [4.69, 9.17) is 20.2 Å². The molecule has 0 spiro atoms. The maximum absolute atomic E-state index is 12.0. The normalized spacial score (nSPS) is 29.5. The Bertz CT molecular complexity index is 1310. The van der Waals surface area contributed by atoms with Crippen molar-refractivity contribution < 1.29 is 23.5 Å². The van der Waals surface area contributed by atoms with Gasteiger partial charge >= 0.3 is 5.97 Å². The Morgan fingerprint density at radius 3 is 2.11 bits per heavy atom. The summed E-state index contributed by atoms with van der Waals surface area (Å²) in [7, 11) is -2.50. The minimum atomic E-state index is -2.03. The van der Waals surface area contributed by atoms with Crippen LogP contribution in [0.5, 0.6) is 0 Å². The topological polar surface area (TPSA) is 65.0 Å². The van der Waals surface area contributed by atoms with E-state index in [2.05, 4.69) is 93.7 Å². The van der Waals surface area contributed by atoms with E-state index in [-0.39, 0.29) is 33.7 Å². The summed E-state index contributed by atoms with van der Waals surface area (Å²) < 4.78 is 19.3. The molecule has 5 nitrogen and oxygen atoms in total. The predicted molar refractivity (Wildman–Crippen MR) is 235 cm³/mol. The average molecular weight is 787 g/mol. The number of hydrogen-bond acceptors (Lipinski definition) is 5. The lowest BCUT2D eigenvalue weighted by Gasteiger charge is -2.50. The van der Waals surface area contributed by atoms with Crippen molar-refractivity contribution >= 4 is 22.6 Å². The van der Waals surface area contributed by atoms with E-state index >= 15 is 0 Å². The number of allylic oxidation sites excluding steroid dienone is 3. The fourth-order valence-corrected chi connectivity index (χ4v) is 12.4. The van der Waals surface area contributed by atoms with Crippen LogP contribution in [0.2, 0.25) is 36.3 Å². The van der Waals surface area contributed by atoms with E-state index < -0.39 is 22.2 Å². The van der Waals surface area contributed by atoms with Crippen molar-refractivity contribution in [2.24, 2.45) is 29.1 Å². The molecule has 0 bridgehead atoms. The second-order valence-electron chi connectivity index (χ2n) is 21.8. The van der Waals surface area contributed by atoms with Gasteiger partial charge in [-0.2, -0.15) is 0 Å². The Hall–Kier alpha value is -0.996. The first-order valence-corrected chi connectivity index (χ1v) is 27.8. The summed E-state index contributed by atoms with van der Waals surface area (Å²) in [6.45, 7) is 37.2. The Balaban J connectivity index is 1.92. The highest BCUT2D eigenvalue weighted by Gasteiger charge is 2.55. The molecule has 0 aromatic carbocycles. The summed E-state index contributed by atoms with van der Waals surface area (Å²) in [5.41, 5.74) is 3.81. The molecular formula is C47H86O5Si2. The summed E-state index contributed by atoms with van der Waals surface area (Å²) >= 11 is 0. The number of rotatable bonds is 17.